The summed E-state index contributed by atoms with van der Waals surface area (Å²) in [6.07, 6.45) is 3.53. The number of likely N-dealkylation sites (tertiary alicyclic amines) is 1. The van der Waals surface area contributed by atoms with Crippen molar-refractivity contribution in [1.82, 2.24) is 4.90 Å². The molecule has 0 aromatic heterocycles. The topological polar surface area (TPSA) is 23.5 Å². The molecule has 1 rings (SSSR count). The molecule has 0 saturated carbocycles. The summed E-state index contributed by atoms with van der Waals surface area (Å²) in [6.45, 7) is 9.40. The van der Waals surface area contributed by atoms with Gasteiger partial charge in [0, 0.05) is 12.6 Å². The molecule has 0 amide bonds. The van der Waals surface area contributed by atoms with E-state index in [1.165, 1.54) is 6.42 Å². The Morgan fingerprint density at radius 2 is 1.92 bits per heavy atom. The van der Waals surface area contributed by atoms with Crippen molar-refractivity contribution in [2.75, 3.05) is 19.7 Å². The Morgan fingerprint density at radius 1 is 1.38 bits per heavy atom. The van der Waals surface area contributed by atoms with Gasteiger partial charge in [-0.15, -0.1) is 0 Å². The van der Waals surface area contributed by atoms with E-state index in [4.69, 9.17) is 0 Å². The predicted octanol–water partition coefficient (Wildman–Crippen LogP) is 1.88. The fourth-order valence-electron chi connectivity index (χ4n) is 1.92. The fourth-order valence-corrected chi connectivity index (χ4v) is 1.92. The molecule has 13 heavy (non-hydrogen) atoms. The lowest BCUT2D eigenvalue weighted by molar-refractivity contribution is 0.0425. The van der Waals surface area contributed by atoms with Crippen LogP contribution in [-0.2, 0) is 0 Å². The molecule has 0 aromatic carbocycles. The number of aliphatic hydroxyl groups is 1. The van der Waals surface area contributed by atoms with Crippen LogP contribution in [0.5, 0.6) is 0 Å². The molecule has 1 unspecified atom stereocenters. The van der Waals surface area contributed by atoms with Gasteiger partial charge in [-0.25, -0.2) is 0 Å². The van der Waals surface area contributed by atoms with E-state index in [1.54, 1.807) is 0 Å². The van der Waals surface area contributed by atoms with Crippen molar-refractivity contribution in [2.45, 2.75) is 46.1 Å². The van der Waals surface area contributed by atoms with Crippen LogP contribution in [0.2, 0.25) is 0 Å². The Balaban J connectivity index is 2.38. The van der Waals surface area contributed by atoms with Gasteiger partial charge in [0.25, 0.3) is 0 Å². The molecule has 2 nitrogen and oxygen atoms in total. The first-order valence-electron chi connectivity index (χ1n) is 5.46. The van der Waals surface area contributed by atoms with Crippen LogP contribution in [0.15, 0.2) is 0 Å². The monoisotopic (exact) mass is 185 g/mol. The highest BCUT2D eigenvalue weighted by Crippen LogP contribution is 2.30. The first kappa shape index (κ1) is 11.0. The molecule has 1 aliphatic rings. The van der Waals surface area contributed by atoms with Crippen LogP contribution in [0, 0.1) is 5.41 Å². The Morgan fingerprint density at radius 3 is 2.31 bits per heavy atom. The minimum Gasteiger partial charge on any atom is -0.396 e. The van der Waals surface area contributed by atoms with Gasteiger partial charge in [0.1, 0.15) is 0 Å². The van der Waals surface area contributed by atoms with Crippen LogP contribution in [0.4, 0.5) is 0 Å². The second-order valence-electron chi connectivity index (χ2n) is 4.76. The molecule has 2 heteroatoms. The van der Waals surface area contributed by atoms with Gasteiger partial charge in [-0.3, -0.25) is 0 Å². The molecule has 1 atom stereocenters. The van der Waals surface area contributed by atoms with Gasteiger partial charge in [-0.2, -0.15) is 0 Å². The zero-order chi connectivity index (χ0) is 9.90. The summed E-state index contributed by atoms with van der Waals surface area (Å²) in [5.74, 6) is 0. The lowest BCUT2D eigenvalue weighted by Gasteiger charge is -2.40. The summed E-state index contributed by atoms with van der Waals surface area (Å²) in [7, 11) is 0. The molecule has 0 radical (unpaired) electrons. The summed E-state index contributed by atoms with van der Waals surface area (Å²) >= 11 is 0. The number of rotatable bonds is 3. The quantitative estimate of drug-likeness (QED) is 0.725. The van der Waals surface area contributed by atoms with Crippen LogP contribution < -0.4 is 0 Å². The van der Waals surface area contributed by atoms with Gasteiger partial charge in [0.05, 0.1) is 0 Å². The standard InChI is InChI=1S/C11H23NO/c1-4-10(2)12-7-5-11(3,9-13)6-8-12/h10,13H,4-9H2,1-3H3. The maximum absolute atomic E-state index is 9.21. The third-order valence-corrected chi connectivity index (χ3v) is 3.60. The smallest absolute Gasteiger partial charge is 0.0485 e. The van der Waals surface area contributed by atoms with Gasteiger partial charge < -0.3 is 10.0 Å². The molecule has 0 spiro atoms. The number of aliphatic hydroxyl groups excluding tert-OH is 1. The summed E-state index contributed by atoms with van der Waals surface area (Å²) in [6, 6.07) is 0.711. The summed E-state index contributed by atoms with van der Waals surface area (Å²) < 4.78 is 0. The van der Waals surface area contributed by atoms with E-state index < -0.39 is 0 Å². The van der Waals surface area contributed by atoms with Gasteiger partial charge >= 0.3 is 0 Å². The summed E-state index contributed by atoms with van der Waals surface area (Å²) in [4.78, 5) is 2.54. The zero-order valence-corrected chi connectivity index (χ0v) is 9.21. The average Bonchev–Trinajstić information content (AvgIpc) is 2.18. The largest absolute Gasteiger partial charge is 0.396 e. The minimum atomic E-state index is 0.198. The average molecular weight is 185 g/mol. The van der Waals surface area contributed by atoms with Gasteiger partial charge in [0.2, 0.25) is 0 Å². The van der Waals surface area contributed by atoms with E-state index in [9.17, 15) is 5.11 Å². The Hall–Kier alpha value is -0.0800. The van der Waals surface area contributed by atoms with Gasteiger partial charge in [-0.05, 0) is 44.7 Å². The van der Waals surface area contributed by atoms with E-state index in [-0.39, 0.29) is 5.41 Å². The SMILES string of the molecule is CCC(C)N1CCC(C)(CO)CC1. The summed E-state index contributed by atoms with van der Waals surface area (Å²) in [5, 5.41) is 9.21. The highest BCUT2D eigenvalue weighted by atomic mass is 16.3. The van der Waals surface area contributed by atoms with Crippen molar-refractivity contribution in [3.63, 3.8) is 0 Å². The number of piperidine rings is 1. The van der Waals surface area contributed by atoms with E-state index in [0.29, 0.717) is 12.6 Å². The van der Waals surface area contributed by atoms with Crippen LogP contribution in [-0.4, -0.2) is 35.7 Å². The normalized spacial score (nSPS) is 25.8. The third kappa shape index (κ3) is 2.68. The number of hydrogen-bond acceptors (Lipinski definition) is 2. The van der Waals surface area contributed by atoms with E-state index in [0.717, 1.165) is 25.9 Å². The first-order chi connectivity index (χ1) is 6.11. The highest BCUT2D eigenvalue weighted by molar-refractivity contribution is 4.83. The van der Waals surface area contributed by atoms with Crippen molar-refractivity contribution < 1.29 is 5.11 Å². The molecule has 1 heterocycles. The Labute approximate surface area is 81.9 Å². The molecule has 0 bridgehead atoms. The summed E-state index contributed by atoms with van der Waals surface area (Å²) in [5.41, 5.74) is 0.198. The van der Waals surface area contributed by atoms with Crippen LogP contribution in [0.3, 0.4) is 0 Å². The first-order valence-corrected chi connectivity index (χ1v) is 5.46. The number of nitrogens with zero attached hydrogens (tertiary/aromatic N) is 1. The fraction of sp³-hybridized carbons (Fsp3) is 1.00. The second kappa shape index (κ2) is 4.43. The predicted molar refractivity (Wildman–Crippen MR) is 55.8 cm³/mol. The van der Waals surface area contributed by atoms with Crippen molar-refractivity contribution in [3.05, 3.63) is 0 Å². The Bertz CT molecular complexity index is 150. The van der Waals surface area contributed by atoms with E-state index >= 15 is 0 Å². The minimum absolute atomic E-state index is 0.198. The molecule has 78 valence electrons. The molecule has 1 saturated heterocycles. The van der Waals surface area contributed by atoms with Crippen LogP contribution >= 0.6 is 0 Å². The molecule has 1 N–H and O–H groups in total. The molecule has 0 aromatic rings. The molecular formula is C11H23NO. The maximum atomic E-state index is 9.21. The molecule has 0 aliphatic carbocycles. The van der Waals surface area contributed by atoms with E-state index in [2.05, 4.69) is 25.7 Å². The van der Waals surface area contributed by atoms with Crippen LogP contribution in [0.25, 0.3) is 0 Å². The number of hydrogen-bond donors (Lipinski definition) is 1. The van der Waals surface area contributed by atoms with Crippen molar-refractivity contribution in [1.29, 1.82) is 0 Å². The third-order valence-electron chi connectivity index (χ3n) is 3.60. The zero-order valence-electron chi connectivity index (χ0n) is 9.21. The van der Waals surface area contributed by atoms with Crippen molar-refractivity contribution in [2.24, 2.45) is 5.41 Å². The van der Waals surface area contributed by atoms with E-state index in [1.807, 2.05) is 0 Å². The highest BCUT2D eigenvalue weighted by Gasteiger charge is 2.30. The van der Waals surface area contributed by atoms with Crippen molar-refractivity contribution in [3.8, 4) is 0 Å². The Kier molecular flexibility index (Phi) is 3.74. The lowest BCUT2D eigenvalue weighted by Crippen LogP contribution is -2.44. The molecule has 1 fully saturated rings. The van der Waals surface area contributed by atoms with Gasteiger partial charge in [-0.1, -0.05) is 13.8 Å². The lowest BCUT2D eigenvalue weighted by atomic mass is 9.81. The maximum Gasteiger partial charge on any atom is 0.0485 e. The van der Waals surface area contributed by atoms with Crippen molar-refractivity contribution >= 4 is 0 Å². The molecule has 1 aliphatic heterocycles. The molecular weight excluding hydrogens is 162 g/mol. The van der Waals surface area contributed by atoms with Crippen LogP contribution in [0.1, 0.15) is 40.0 Å². The second-order valence-corrected chi connectivity index (χ2v) is 4.76. The van der Waals surface area contributed by atoms with Gasteiger partial charge in [0.15, 0.2) is 0 Å².